The Morgan fingerprint density at radius 1 is 1.25 bits per heavy atom. The first-order chi connectivity index (χ1) is 7.55. The molecule has 0 amide bonds. The quantitative estimate of drug-likeness (QED) is 0.744. The normalized spacial score (nSPS) is 36.9. The third-order valence-corrected chi connectivity index (χ3v) is 6.53. The van der Waals surface area contributed by atoms with Crippen LogP contribution in [-0.4, -0.2) is 38.4 Å². The highest BCUT2D eigenvalue weighted by atomic mass is 32.2. The van der Waals surface area contributed by atoms with Gasteiger partial charge in [-0.15, -0.1) is 0 Å². The van der Waals surface area contributed by atoms with Gasteiger partial charge in [-0.3, -0.25) is 4.79 Å². The van der Waals surface area contributed by atoms with E-state index in [0.29, 0.717) is 12.8 Å². The summed E-state index contributed by atoms with van der Waals surface area (Å²) in [4.78, 5) is 11.7. The molecule has 0 aromatic rings. The number of hydrogen-bond acceptors (Lipinski definition) is 4. The lowest BCUT2D eigenvalue weighted by atomic mass is 9.87. The summed E-state index contributed by atoms with van der Waals surface area (Å²) < 4.78 is 28.8. The Hall–Kier alpha value is -0.420. The maximum absolute atomic E-state index is 12.0. The van der Waals surface area contributed by atoms with E-state index >= 15 is 0 Å². The first-order valence-electron chi connectivity index (χ1n) is 5.80. The van der Waals surface area contributed by atoms with E-state index < -0.39 is 9.84 Å². The largest absolute Gasteiger partial charge is 0.377 e. The van der Waals surface area contributed by atoms with Crippen molar-refractivity contribution in [2.24, 2.45) is 5.92 Å². The minimum Gasteiger partial charge on any atom is -0.377 e. The Kier molecular flexibility index (Phi) is 3.35. The second-order valence-corrected chi connectivity index (χ2v) is 7.34. The zero-order valence-corrected chi connectivity index (χ0v) is 10.3. The zero-order chi connectivity index (χ0) is 11.8. The number of carbonyl (C=O) groups is 1. The van der Waals surface area contributed by atoms with Gasteiger partial charge in [0, 0.05) is 13.0 Å². The van der Waals surface area contributed by atoms with Gasteiger partial charge >= 0.3 is 0 Å². The molecule has 4 nitrogen and oxygen atoms in total. The average molecular weight is 246 g/mol. The van der Waals surface area contributed by atoms with Crippen molar-refractivity contribution in [3.8, 4) is 0 Å². The summed E-state index contributed by atoms with van der Waals surface area (Å²) in [6, 6.07) is 0. The highest BCUT2D eigenvalue weighted by molar-refractivity contribution is 7.92. The van der Waals surface area contributed by atoms with E-state index in [-0.39, 0.29) is 28.8 Å². The van der Waals surface area contributed by atoms with Gasteiger partial charge in [0.25, 0.3) is 0 Å². The molecule has 2 aliphatic rings. The van der Waals surface area contributed by atoms with Gasteiger partial charge in [0.2, 0.25) is 0 Å². The highest BCUT2D eigenvalue weighted by Gasteiger charge is 2.45. The molecule has 5 heteroatoms. The van der Waals surface area contributed by atoms with Gasteiger partial charge in [0.1, 0.15) is 6.61 Å². The number of sulfone groups is 1. The maximum Gasteiger partial charge on any atom is 0.161 e. The van der Waals surface area contributed by atoms with Crippen LogP contribution in [0.15, 0.2) is 0 Å². The van der Waals surface area contributed by atoms with Crippen molar-refractivity contribution in [2.75, 3.05) is 13.7 Å². The monoisotopic (exact) mass is 246 g/mol. The molecule has 2 unspecified atom stereocenters. The van der Waals surface area contributed by atoms with Gasteiger partial charge in [-0.2, -0.15) is 0 Å². The van der Waals surface area contributed by atoms with Gasteiger partial charge in [-0.05, 0) is 25.7 Å². The fourth-order valence-electron chi connectivity index (χ4n) is 2.93. The van der Waals surface area contributed by atoms with Crippen molar-refractivity contribution in [3.63, 3.8) is 0 Å². The summed E-state index contributed by atoms with van der Waals surface area (Å²) >= 11 is 0. The lowest BCUT2D eigenvalue weighted by Gasteiger charge is -2.38. The Morgan fingerprint density at radius 2 is 1.81 bits per heavy atom. The molecule has 0 radical (unpaired) electrons. The molecular weight excluding hydrogens is 228 g/mol. The van der Waals surface area contributed by atoms with Crippen LogP contribution in [0.25, 0.3) is 0 Å². The van der Waals surface area contributed by atoms with Crippen LogP contribution in [0.5, 0.6) is 0 Å². The van der Waals surface area contributed by atoms with Crippen LogP contribution in [0, 0.1) is 5.92 Å². The third kappa shape index (κ3) is 2.02. The predicted octanol–water partition coefficient (Wildman–Crippen LogP) is 0.948. The molecule has 2 aliphatic heterocycles. The highest BCUT2D eigenvalue weighted by Crippen LogP contribution is 2.39. The van der Waals surface area contributed by atoms with Gasteiger partial charge in [0.05, 0.1) is 10.5 Å². The standard InChI is InChI=1S/C11H18O4S/c1-15-7-11(12)8-5-9-3-2-4-10(6-8)16(9,13)14/h8-10H,2-7H2,1H3. The van der Waals surface area contributed by atoms with Crippen molar-refractivity contribution >= 4 is 15.6 Å². The second kappa shape index (κ2) is 4.45. The molecular formula is C11H18O4S. The van der Waals surface area contributed by atoms with Gasteiger partial charge < -0.3 is 4.74 Å². The lowest BCUT2D eigenvalue weighted by Crippen LogP contribution is -2.45. The predicted molar refractivity (Wildman–Crippen MR) is 60.0 cm³/mol. The number of carbonyl (C=O) groups excluding carboxylic acids is 1. The molecule has 0 N–H and O–H groups in total. The second-order valence-electron chi connectivity index (χ2n) is 4.83. The molecule has 0 aromatic carbocycles. The summed E-state index contributed by atoms with van der Waals surface area (Å²) in [7, 11) is -1.44. The SMILES string of the molecule is COCC(=O)C1CC2CCCC(C1)S2(=O)=O. The Morgan fingerprint density at radius 3 is 2.31 bits per heavy atom. The molecule has 2 rings (SSSR count). The van der Waals surface area contributed by atoms with Crippen LogP contribution >= 0.6 is 0 Å². The summed E-state index contributed by atoms with van der Waals surface area (Å²) in [6.45, 7) is 0.115. The molecule has 2 saturated heterocycles. The van der Waals surface area contributed by atoms with Crippen molar-refractivity contribution in [3.05, 3.63) is 0 Å². The van der Waals surface area contributed by atoms with Crippen molar-refractivity contribution in [2.45, 2.75) is 42.6 Å². The van der Waals surface area contributed by atoms with E-state index in [1.54, 1.807) is 0 Å². The summed E-state index contributed by atoms with van der Waals surface area (Å²) in [5.41, 5.74) is 0. The van der Waals surface area contributed by atoms with Crippen LogP contribution in [0.4, 0.5) is 0 Å². The van der Waals surface area contributed by atoms with E-state index in [1.807, 2.05) is 0 Å². The number of fused-ring (bicyclic) bond motifs is 2. The molecule has 0 saturated carbocycles. The molecule has 0 aromatic heterocycles. The smallest absolute Gasteiger partial charge is 0.161 e. The number of hydrogen-bond donors (Lipinski definition) is 0. The van der Waals surface area contributed by atoms with E-state index in [1.165, 1.54) is 7.11 Å². The molecule has 2 bridgehead atoms. The fraction of sp³-hybridized carbons (Fsp3) is 0.909. The Balaban J connectivity index is 2.12. The van der Waals surface area contributed by atoms with Crippen molar-refractivity contribution in [1.29, 1.82) is 0 Å². The van der Waals surface area contributed by atoms with E-state index in [0.717, 1.165) is 19.3 Å². The summed E-state index contributed by atoms with van der Waals surface area (Å²) in [5.74, 6) is -0.0342. The molecule has 0 aliphatic carbocycles. The first-order valence-corrected chi connectivity index (χ1v) is 7.41. The van der Waals surface area contributed by atoms with E-state index in [2.05, 4.69) is 0 Å². The number of ketones is 1. The minimum atomic E-state index is -2.94. The van der Waals surface area contributed by atoms with Gasteiger partial charge in [0.15, 0.2) is 15.6 Å². The van der Waals surface area contributed by atoms with Crippen LogP contribution in [0.3, 0.4) is 0 Å². The molecule has 0 spiro atoms. The molecule has 2 fully saturated rings. The molecule has 16 heavy (non-hydrogen) atoms. The fourth-order valence-corrected chi connectivity index (χ4v) is 5.47. The van der Waals surface area contributed by atoms with Crippen LogP contribution < -0.4 is 0 Å². The average Bonchev–Trinajstić information content (AvgIpc) is 2.15. The van der Waals surface area contributed by atoms with Crippen LogP contribution in [-0.2, 0) is 19.4 Å². The minimum absolute atomic E-state index is 0.0642. The molecule has 2 heterocycles. The van der Waals surface area contributed by atoms with Gasteiger partial charge in [-0.1, -0.05) is 6.42 Å². The number of Topliss-reactive ketones (excluding diaryl/α,β-unsaturated/α-hetero) is 1. The molecule has 92 valence electrons. The lowest BCUT2D eigenvalue weighted by molar-refractivity contribution is -0.127. The first kappa shape index (κ1) is 12.0. The van der Waals surface area contributed by atoms with Crippen LogP contribution in [0.1, 0.15) is 32.1 Å². The third-order valence-electron chi connectivity index (χ3n) is 3.82. The maximum atomic E-state index is 12.0. The topological polar surface area (TPSA) is 60.4 Å². The number of ether oxygens (including phenoxy) is 1. The van der Waals surface area contributed by atoms with Gasteiger partial charge in [-0.25, -0.2) is 8.42 Å². The van der Waals surface area contributed by atoms with Crippen molar-refractivity contribution < 1.29 is 17.9 Å². The number of methoxy groups -OCH3 is 1. The zero-order valence-electron chi connectivity index (χ0n) is 9.52. The molecule has 2 atom stereocenters. The van der Waals surface area contributed by atoms with Crippen molar-refractivity contribution in [1.82, 2.24) is 0 Å². The van der Waals surface area contributed by atoms with E-state index in [4.69, 9.17) is 4.74 Å². The summed E-state index contributed by atoms with van der Waals surface area (Å²) in [5, 5.41) is -0.545. The Labute approximate surface area is 96.3 Å². The van der Waals surface area contributed by atoms with Crippen LogP contribution in [0.2, 0.25) is 0 Å². The number of rotatable bonds is 3. The summed E-state index contributed by atoms with van der Waals surface area (Å²) in [6.07, 6.45) is 3.48. The Bertz CT molecular complexity index is 353. The van der Waals surface area contributed by atoms with E-state index in [9.17, 15) is 13.2 Å².